The lowest BCUT2D eigenvalue weighted by molar-refractivity contribution is -0.120. The summed E-state index contributed by atoms with van der Waals surface area (Å²) in [6, 6.07) is 4.25. The second-order valence-electron chi connectivity index (χ2n) is 9.62. The Morgan fingerprint density at radius 1 is 1.31 bits per heavy atom. The van der Waals surface area contributed by atoms with Crippen LogP contribution in [0.15, 0.2) is 24.5 Å². The lowest BCUT2D eigenvalue weighted by Gasteiger charge is -2.27. The molecule has 2 aromatic heterocycles. The third kappa shape index (κ3) is 4.79. The number of ether oxygens (including phenoxy) is 3. The molecule has 1 amide bonds. The zero-order valence-electron chi connectivity index (χ0n) is 21.0. The Bertz CT molecular complexity index is 1200. The van der Waals surface area contributed by atoms with Crippen LogP contribution in [-0.2, 0) is 21.3 Å². The monoisotopic (exact) mass is 481 g/mol. The van der Waals surface area contributed by atoms with Crippen LogP contribution in [-0.4, -0.2) is 63.5 Å². The lowest BCUT2D eigenvalue weighted by Crippen LogP contribution is -2.35. The number of amides is 1. The van der Waals surface area contributed by atoms with Crippen LogP contribution in [0.5, 0.6) is 5.75 Å². The molecule has 9 nitrogen and oxygen atoms in total. The van der Waals surface area contributed by atoms with E-state index in [4.69, 9.17) is 19.3 Å². The van der Waals surface area contributed by atoms with Gasteiger partial charge in [0.1, 0.15) is 17.9 Å². The molecule has 9 heteroatoms. The molecule has 0 aliphatic carbocycles. The van der Waals surface area contributed by atoms with Crippen molar-refractivity contribution >= 4 is 16.8 Å². The highest BCUT2D eigenvalue weighted by Gasteiger charge is 2.41. The molecule has 2 saturated heterocycles. The normalized spacial score (nSPS) is 22.8. The number of carbonyl (C=O) groups excluding carboxylic acids is 1. The molecule has 0 radical (unpaired) electrons. The summed E-state index contributed by atoms with van der Waals surface area (Å²) in [6.07, 6.45) is 7.42. The van der Waals surface area contributed by atoms with E-state index in [1.807, 2.05) is 43.4 Å². The van der Waals surface area contributed by atoms with Crippen LogP contribution >= 0.6 is 0 Å². The maximum Gasteiger partial charge on any atom is 0.219 e. The number of hydrogen-bond acceptors (Lipinski definition) is 6. The predicted octanol–water partition coefficient (Wildman–Crippen LogP) is 3.55. The van der Waals surface area contributed by atoms with Gasteiger partial charge in [0, 0.05) is 50.5 Å². The first kappa shape index (κ1) is 23.8. The Balaban J connectivity index is 1.40. The Kier molecular flexibility index (Phi) is 6.80. The summed E-state index contributed by atoms with van der Waals surface area (Å²) in [4.78, 5) is 11.6. The van der Waals surface area contributed by atoms with Crippen molar-refractivity contribution in [2.24, 2.45) is 7.05 Å². The van der Waals surface area contributed by atoms with E-state index >= 15 is 0 Å². The SMILES string of the molecule is CCC(=O)NCC[C@@H](C)Oc1cc(-c2cnn([C@H]3CO[C@@H]4CCCO[C@@H]43)c2)cc2nn(C)c(C)c12. The number of benzene rings is 1. The number of nitrogens with one attached hydrogen (secondary N) is 1. The number of hydrogen-bond donors (Lipinski definition) is 1. The third-order valence-corrected chi connectivity index (χ3v) is 7.15. The van der Waals surface area contributed by atoms with E-state index in [-0.39, 0.29) is 30.3 Å². The van der Waals surface area contributed by atoms with Crippen molar-refractivity contribution in [3.63, 3.8) is 0 Å². The Labute approximate surface area is 205 Å². The topological polar surface area (TPSA) is 92.4 Å². The zero-order valence-corrected chi connectivity index (χ0v) is 21.0. The van der Waals surface area contributed by atoms with Crippen molar-refractivity contribution in [3.8, 4) is 16.9 Å². The Morgan fingerprint density at radius 2 is 2.17 bits per heavy atom. The number of nitrogens with zero attached hydrogens (tertiary/aromatic N) is 4. The lowest BCUT2D eigenvalue weighted by atomic mass is 10.0. The van der Waals surface area contributed by atoms with Crippen LogP contribution in [0, 0.1) is 6.92 Å². The molecule has 35 heavy (non-hydrogen) atoms. The van der Waals surface area contributed by atoms with Gasteiger partial charge in [-0.2, -0.15) is 10.2 Å². The standard InChI is InChI=1S/C26H35N5O4/c1-5-24(32)27-9-8-16(2)35-23-12-18(11-20-25(23)17(3)30(4)29-20)19-13-28-31(14-19)21-15-34-22-7-6-10-33-26(21)22/h11-14,16,21-22,26H,5-10,15H2,1-4H3,(H,27,32)/t16-,21+,22-,26-/m1/s1. The van der Waals surface area contributed by atoms with Crippen LogP contribution < -0.4 is 10.1 Å². The molecule has 188 valence electrons. The number of carbonyl (C=O) groups is 1. The van der Waals surface area contributed by atoms with Gasteiger partial charge in [-0.1, -0.05) is 6.92 Å². The minimum absolute atomic E-state index is 0.0549. The van der Waals surface area contributed by atoms with E-state index in [2.05, 4.69) is 28.7 Å². The van der Waals surface area contributed by atoms with Gasteiger partial charge in [-0.3, -0.25) is 14.2 Å². The van der Waals surface area contributed by atoms with Crippen molar-refractivity contribution in [2.45, 2.75) is 70.8 Å². The summed E-state index contributed by atoms with van der Waals surface area (Å²) in [5, 5.41) is 13.3. The van der Waals surface area contributed by atoms with E-state index in [0.29, 0.717) is 19.6 Å². The summed E-state index contributed by atoms with van der Waals surface area (Å²) < 4.78 is 22.3. The van der Waals surface area contributed by atoms with Crippen molar-refractivity contribution in [1.82, 2.24) is 24.9 Å². The molecule has 0 unspecified atom stereocenters. The molecule has 0 saturated carbocycles. The maximum absolute atomic E-state index is 11.6. The van der Waals surface area contributed by atoms with E-state index in [0.717, 1.165) is 59.3 Å². The molecule has 2 aliphatic heterocycles. The van der Waals surface area contributed by atoms with Gasteiger partial charge in [-0.15, -0.1) is 0 Å². The van der Waals surface area contributed by atoms with Crippen molar-refractivity contribution in [2.75, 3.05) is 19.8 Å². The molecular formula is C26H35N5O4. The Hall–Kier alpha value is -2.91. The summed E-state index contributed by atoms with van der Waals surface area (Å²) in [5.41, 5.74) is 3.94. The van der Waals surface area contributed by atoms with E-state index in [9.17, 15) is 4.79 Å². The second-order valence-corrected chi connectivity index (χ2v) is 9.62. The molecule has 0 spiro atoms. The molecule has 2 fully saturated rings. The fourth-order valence-electron chi connectivity index (χ4n) is 5.04. The summed E-state index contributed by atoms with van der Waals surface area (Å²) in [5.74, 6) is 0.851. The van der Waals surface area contributed by atoms with E-state index in [1.54, 1.807) is 0 Å². The van der Waals surface area contributed by atoms with Crippen molar-refractivity contribution in [3.05, 3.63) is 30.2 Å². The molecule has 4 heterocycles. The van der Waals surface area contributed by atoms with Crippen LogP contribution in [0.2, 0.25) is 0 Å². The van der Waals surface area contributed by atoms with Gasteiger partial charge in [0.25, 0.3) is 0 Å². The highest BCUT2D eigenvalue weighted by molar-refractivity contribution is 5.92. The van der Waals surface area contributed by atoms with Gasteiger partial charge in [0.2, 0.25) is 5.91 Å². The first-order valence-electron chi connectivity index (χ1n) is 12.6. The van der Waals surface area contributed by atoms with Crippen molar-refractivity contribution in [1.29, 1.82) is 0 Å². The van der Waals surface area contributed by atoms with Crippen LogP contribution in [0.25, 0.3) is 22.0 Å². The fraction of sp³-hybridized carbons (Fsp3) is 0.577. The second kappa shape index (κ2) is 9.99. The molecule has 5 rings (SSSR count). The molecule has 2 aliphatic rings. The maximum atomic E-state index is 11.6. The number of rotatable bonds is 8. The van der Waals surface area contributed by atoms with Gasteiger partial charge in [-0.05, 0) is 44.4 Å². The first-order valence-corrected chi connectivity index (χ1v) is 12.6. The fourth-order valence-corrected chi connectivity index (χ4v) is 5.04. The average molecular weight is 482 g/mol. The predicted molar refractivity (Wildman–Crippen MR) is 132 cm³/mol. The highest BCUT2D eigenvalue weighted by Crippen LogP contribution is 2.37. The molecule has 4 atom stereocenters. The van der Waals surface area contributed by atoms with Gasteiger partial charge in [0.15, 0.2) is 0 Å². The highest BCUT2D eigenvalue weighted by atomic mass is 16.6. The van der Waals surface area contributed by atoms with Crippen LogP contribution in [0.3, 0.4) is 0 Å². The number of fused-ring (bicyclic) bond motifs is 2. The third-order valence-electron chi connectivity index (χ3n) is 7.15. The largest absolute Gasteiger partial charge is 0.490 e. The van der Waals surface area contributed by atoms with Gasteiger partial charge >= 0.3 is 0 Å². The summed E-state index contributed by atoms with van der Waals surface area (Å²) in [7, 11) is 1.95. The molecule has 1 N–H and O–H groups in total. The number of aromatic nitrogens is 4. The average Bonchev–Trinajstić information content (AvgIpc) is 3.56. The van der Waals surface area contributed by atoms with Gasteiger partial charge < -0.3 is 19.5 Å². The van der Waals surface area contributed by atoms with Crippen LogP contribution in [0.4, 0.5) is 0 Å². The van der Waals surface area contributed by atoms with Gasteiger partial charge in [-0.25, -0.2) is 0 Å². The zero-order chi connectivity index (χ0) is 24.5. The van der Waals surface area contributed by atoms with Crippen molar-refractivity contribution < 1.29 is 19.0 Å². The first-order chi connectivity index (χ1) is 16.9. The molecule has 1 aromatic carbocycles. The summed E-state index contributed by atoms with van der Waals surface area (Å²) >= 11 is 0. The molecule has 3 aromatic rings. The molecule has 0 bridgehead atoms. The smallest absolute Gasteiger partial charge is 0.219 e. The van der Waals surface area contributed by atoms with Crippen LogP contribution in [0.1, 0.15) is 51.3 Å². The molecular weight excluding hydrogens is 446 g/mol. The minimum Gasteiger partial charge on any atom is -0.490 e. The van der Waals surface area contributed by atoms with E-state index < -0.39 is 0 Å². The Morgan fingerprint density at radius 3 is 3.00 bits per heavy atom. The minimum atomic E-state index is -0.0658. The summed E-state index contributed by atoms with van der Waals surface area (Å²) in [6.45, 7) is 7.92. The van der Waals surface area contributed by atoms with E-state index in [1.165, 1.54) is 0 Å². The van der Waals surface area contributed by atoms with Gasteiger partial charge in [0.05, 0.1) is 35.9 Å². The number of aryl methyl sites for hydroxylation is 2. The quantitative estimate of drug-likeness (QED) is 0.529.